The van der Waals surface area contributed by atoms with Crippen molar-refractivity contribution in [2.75, 3.05) is 32.8 Å². The minimum Gasteiger partial charge on any atom is -0.464 e. The summed E-state index contributed by atoms with van der Waals surface area (Å²) in [5, 5.41) is 8.06. The molecular weight excluding hydrogens is 226 g/mol. The smallest absolute Gasteiger partial charge is 0.134 e. The number of furan rings is 1. The fraction of sp³-hybridized carbons (Fsp3) is 0.429. The van der Waals surface area contributed by atoms with E-state index in [0.29, 0.717) is 0 Å². The third kappa shape index (κ3) is 2.56. The molecule has 0 radical (unpaired) electrons. The van der Waals surface area contributed by atoms with Gasteiger partial charge < -0.3 is 15.1 Å². The fourth-order valence-electron chi connectivity index (χ4n) is 2.39. The molecule has 2 N–H and O–H groups in total. The molecule has 1 fully saturated rings. The molecule has 0 unspecified atom stereocenters. The molecule has 0 atom stereocenters. The molecule has 1 aliphatic rings. The van der Waals surface area contributed by atoms with Gasteiger partial charge in [0.1, 0.15) is 5.58 Å². The first kappa shape index (κ1) is 11.7. The number of piperazine rings is 1. The second-order valence-electron chi connectivity index (χ2n) is 4.71. The van der Waals surface area contributed by atoms with Crippen LogP contribution in [0.2, 0.25) is 0 Å². The predicted molar refractivity (Wildman–Crippen MR) is 72.4 cm³/mol. The third-order valence-electron chi connectivity index (χ3n) is 3.42. The van der Waals surface area contributed by atoms with E-state index in [-0.39, 0.29) is 0 Å². The van der Waals surface area contributed by atoms with Crippen molar-refractivity contribution in [2.24, 2.45) is 0 Å². The van der Waals surface area contributed by atoms with Crippen LogP contribution >= 0.6 is 0 Å². The number of hydrogen-bond donors (Lipinski definition) is 2. The molecular formula is C14H19N3O. The zero-order chi connectivity index (χ0) is 12.2. The Morgan fingerprint density at radius 2 is 2.06 bits per heavy atom. The molecule has 4 heteroatoms. The lowest BCUT2D eigenvalue weighted by Crippen LogP contribution is -2.46. The van der Waals surface area contributed by atoms with Gasteiger partial charge in [-0.05, 0) is 6.07 Å². The third-order valence-corrected chi connectivity index (χ3v) is 3.42. The lowest BCUT2D eigenvalue weighted by molar-refractivity contribution is 0.223. The lowest BCUT2D eigenvalue weighted by atomic mass is 10.2. The Balaban J connectivity index is 1.56. The van der Waals surface area contributed by atoms with Crippen molar-refractivity contribution in [3.8, 4) is 0 Å². The molecule has 1 saturated heterocycles. The summed E-state index contributed by atoms with van der Waals surface area (Å²) in [6, 6.07) is 8.18. The van der Waals surface area contributed by atoms with Gasteiger partial charge in [-0.1, -0.05) is 18.2 Å². The number of benzene rings is 1. The molecule has 3 rings (SSSR count). The highest BCUT2D eigenvalue weighted by molar-refractivity contribution is 5.80. The highest BCUT2D eigenvalue weighted by atomic mass is 16.3. The Kier molecular flexibility index (Phi) is 3.59. The van der Waals surface area contributed by atoms with Crippen molar-refractivity contribution >= 4 is 11.0 Å². The number of para-hydroxylation sites is 1. The van der Waals surface area contributed by atoms with Crippen LogP contribution in [-0.4, -0.2) is 37.7 Å². The van der Waals surface area contributed by atoms with Crippen LogP contribution in [0.3, 0.4) is 0 Å². The Morgan fingerprint density at radius 3 is 2.94 bits per heavy atom. The van der Waals surface area contributed by atoms with E-state index in [9.17, 15) is 0 Å². The topological polar surface area (TPSA) is 40.4 Å². The summed E-state index contributed by atoms with van der Waals surface area (Å²) >= 11 is 0. The lowest BCUT2D eigenvalue weighted by Gasteiger charge is -2.27. The van der Waals surface area contributed by atoms with Crippen molar-refractivity contribution in [2.45, 2.75) is 6.54 Å². The number of nitrogens with zero attached hydrogens (tertiary/aromatic N) is 1. The molecule has 0 saturated carbocycles. The van der Waals surface area contributed by atoms with Crippen LogP contribution in [0.4, 0.5) is 0 Å². The van der Waals surface area contributed by atoms with Gasteiger partial charge in [0.15, 0.2) is 0 Å². The number of nitrogens with one attached hydrogen (secondary N) is 2. The first-order chi connectivity index (χ1) is 8.93. The minimum absolute atomic E-state index is 0.862. The Morgan fingerprint density at radius 1 is 1.22 bits per heavy atom. The largest absolute Gasteiger partial charge is 0.464 e. The molecule has 4 nitrogen and oxygen atoms in total. The van der Waals surface area contributed by atoms with Crippen molar-refractivity contribution in [1.82, 2.24) is 15.5 Å². The molecule has 18 heavy (non-hydrogen) atoms. The number of rotatable bonds is 4. The van der Waals surface area contributed by atoms with E-state index in [4.69, 9.17) is 4.42 Å². The summed E-state index contributed by atoms with van der Waals surface area (Å²) in [6.45, 7) is 6.24. The molecule has 96 valence electrons. The maximum atomic E-state index is 5.53. The molecule has 1 aromatic heterocycles. The van der Waals surface area contributed by atoms with Gasteiger partial charge in [0, 0.05) is 50.3 Å². The molecule has 2 heterocycles. The summed E-state index contributed by atoms with van der Waals surface area (Å²) in [5.41, 5.74) is 2.21. The normalized spacial score (nSPS) is 17.3. The quantitative estimate of drug-likeness (QED) is 0.854. The average molecular weight is 245 g/mol. The molecule has 0 aliphatic carbocycles. The first-order valence-electron chi connectivity index (χ1n) is 6.52. The Bertz CT molecular complexity index is 502. The Hall–Kier alpha value is -1.36. The SMILES string of the molecule is c1ccc2c(CNCN3CCNCC3)coc2c1. The molecule has 2 aromatic rings. The van der Waals surface area contributed by atoms with Gasteiger partial charge in [0.05, 0.1) is 6.26 Å². The highest BCUT2D eigenvalue weighted by Gasteiger charge is 2.09. The van der Waals surface area contributed by atoms with Crippen LogP contribution in [-0.2, 0) is 6.54 Å². The van der Waals surface area contributed by atoms with E-state index in [1.807, 2.05) is 18.4 Å². The number of fused-ring (bicyclic) bond motifs is 1. The molecule has 0 bridgehead atoms. The van der Waals surface area contributed by atoms with Crippen LogP contribution in [0.5, 0.6) is 0 Å². The summed E-state index contributed by atoms with van der Waals surface area (Å²) < 4.78 is 5.53. The second kappa shape index (κ2) is 5.52. The van der Waals surface area contributed by atoms with E-state index < -0.39 is 0 Å². The fourth-order valence-corrected chi connectivity index (χ4v) is 2.39. The van der Waals surface area contributed by atoms with Gasteiger partial charge in [0.25, 0.3) is 0 Å². The molecule has 1 aliphatic heterocycles. The summed E-state index contributed by atoms with van der Waals surface area (Å²) in [6.07, 6.45) is 1.86. The van der Waals surface area contributed by atoms with Gasteiger partial charge in [-0.25, -0.2) is 0 Å². The van der Waals surface area contributed by atoms with Gasteiger partial charge in [0.2, 0.25) is 0 Å². The van der Waals surface area contributed by atoms with Crippen LogP contribution in [0.25, 0.3) is 11.0 Å². The van der Waals surface area contributed by atoms with Crippen LogP contribution in [0.15, 0.2) is 34.9 Å². The monoisotopic (exact) mass is 245 g/mol. The van der Waals surface area contributed by atoms with Gasteiger partial charge in [-0.3, -0.25) is 4.90 Å². The first-order valence-corrected chi connectivity index (χ1v) is 6.52. The van der Waals surface area contributed by atoms with Gasteiger partial charge >= 0.3 is 0 Å². The van der Waals surface area contributed by atoms with Crippen molar-refractivity contribution in [3.63, 3.8) is 0 Å². The van der Waals surface area contributed by atoms with E-state index in [2.05, 4.69) is 27.7 Å². The summed E-state index contributed by atoms with van der Waals surface area (Å²) in [5.74, 6) is 0. The van der Waals surface area contributed by atoms with Crippen LogP contribution in [0, 0.1) is 0 Å². The van der Waals surface area contributed by atoms with E-state index in [1.54, 1.807) is 0 Å². The summed E-state index contributed by atoms with van der Waals surface area (Å²) in [7, 11) is 0. The van der Waals surface area contributed by atoms with Gasteiger partial charge in [-0.2, -0.15) is 0 Å². The molecule has 0 amide bonds. The zero-order valence-electron chi connectivity index (χ0n) is 10.5. The highest BCUT2D eigenvalue weighted by Crippen LogP contribution is 2.20. The van der Waals surface area contributed by atoms with Crippen molar-refractivity contribution in [3.05, 3.63) is 36.1 Å². The predicted octanol–water partition coefficient (Wildman–Crippen LogP) is 1.39. The average Bonchev–Trinajstić information content (AvgIpc) is 2.84. The van der Waals surface area contributed by atoms with Crippen molar-refractivity contribution < 1.29 is 4.42 Å². The second-order valence-corrected chi connectivity index (χ2v) is 4.71. The Labute approximate surface area is 107 Å². The van der Waals surface area contributed by atoms with E-state index >= 15 is 0 Å². The standard InChI is InChI=1S/C14H19N3O/c1-2-4-14-13(3-1)12(10-18-14)9-16-11-17-7-5-15-6-8-17/h1-4,10,15-16H,5-9,11H2. The maximum Gasteiger partial charge on any atom is 0.134 e. The van der Waals surface area contributed by atoms with Crippen molar-refractivity contribution in [1.29, 1.82) is 0 Å². The molecule has 1 aromatic carbocycles. The van der Waals surface area contributed by atoms with Crippen LogP contribution < -0.4 is 10.6 Å². The van der Waals surface area contributed by atoms with Crippen LogP contribution in [0.1, 0.15) is 5.56 Å². The maximum absolute atomic E-state index is 5.53. The summed E-state index contributed by atoms with van der Waals surface area (Å²) in [4.78, 5) is 2.43. The van der Waals surface area contributed by atoms with E-state index in [1.165, 1.54) is 10.9 Å². The van der Waals surface area contributed by atoms with Gasteiger partial charge in [-0.15, -0.1) is 0 Å². The number of hydrogen-bond acceptors (Lipinski definition) is 4. The van der Waals surface area contributed by atoms with E-state index in [0.717, 1.165) is 45.0 Å². The molecule has 0 spiro atoms. The zero-order valence-corrected chi connectivity index (χ0v) is 10.5. The minimum atomic E-state index is 0.862.